The largest absolute Gasteiger partial charge is 0.481 e. The highest BCUT2D eigenvalue weighted by Gasteiger charge is 2.33. The van der Waals surface area contributed by atoms with Crippen molar-refractivity contribution in [3.8, 4) is 0 Å². The molecule has 11 N–H and O–H groups in total. The third kappa shape index (κ3) is 9.08. The smallest absolute Gasteiger partial charge is 0.326 e. The summed E-state index contributed by atoms with van der Waals surface area (Å²) in [6, 6.07) is 1.19. The van der Waals surface area contributed by atoms with Crippen molar-refractivity contribution in [2.24, 2.45) is 11.5 Å². The number of aliphatic hydroxyl groups is 1. The van der Waals surface area contributed by atoms with Gasteiger partial charge in [0, 0.05) is 29.9 Å². The second kappa shape index (κ2) is 13.9. The third-order valence-corrected chi connectivity index (χ3v) is 5.81. The Labute approximate surface area is 222 Å². The van der Waals surface area contributed by atoms with Gasteiger partial charge in [0.25, 0.3) is 0 Å². The lowest BCUT2D eigenvalue weighted by molar-refractivity contribution is -0.144. The van der Waals surface area contributed by atoms with Crippen LogP contribution in [0.1, 0.15) is 31.7 Å². The standard InChI is InChI=1S/C24H32N6O9/c1-11(31)20(23(37)28-16(24(38)39)6-7-19(33)34)30-22(36)17(29-21(35)14(25)9-18(26)32)8-12-10-27-15-5-3-2-4-13(12)15/h2-5,10-11,14,16-17,20,27,31H,6-9,25H2,1H3,(H2,26,32)(H,28,37)(H,29,35)(H,30,36)(H,33,34)(H,38,39). The summed E-state index contributed by atoms with van der Waals surface area (Å²) in [4.78, 5) is 75.2. The highest BCUT2D eigenvalue weighted by molar-refractivity contribution is 5.96. The molecule has 5 unspecified atom stereocenters. The van der Waals surface area contributed by atoms with Crippen LogP contribution in [-0.4, -0.2) is 86.1 Å². The number of aliphatic carboxylic acids is 2. The number of benzene rings is 1. The molecule has 0 bridgehead atoms. The maximum Gasteiger partial charge on any atom is 0.326 e. The van der Waals surface area contributed by atoms with Crippen LogP contribution in [0.4, 0.5) is 0 Å². The first-order chi connectivity index (χ1) is 18.3. The fourth-order valence-electron chi connectivity index (χ4n) is 3.76. The summed E-state index contributed by atoms with van der Waals surface area (Å²) in [6.45, 7) is 1.17. The monoisotopic (exact) mass is 548 g/mol. The average molecular weight is 549 g/mol. The number of amides is 4. The predicted molar refractivity (Wildman–Crippen MR) is 136 cm³/mol. The molecule has 15 heteroatoms. The van der Waals surface area contributed by atoms with E-state index in [1.165, 1.54) is 6.92 Å². The number of carbonyl (C=O) groups excluding carboxylic acids is 4. The zero-order valence-corrected chi connectivity index (χ0v) is 21.0. The number of carboxylic acids is 2. The number of hydrogen-bond acceptors (Lipinski definition) is 8. The van der Waals surface area contributed by atoms with E-state index < -0.39 is 85.1 Å². The molecule has 0 saturated heterocycles. The fraction of sp³-hybridized carbons (Fsp3) is 0.417. The van der Waals surface area contributed by atoms with Crippen LogP contribution in [-0.2, 0) is 35.2 Å². The molecule has 212 valence electrons. The highest BCUT2D eigenvalue weighted by Crippen LogP contribution is 2.19. The number of nitrogens with one attached hydrogen (secondary N) is 4. The number of para-hydroxylation sites is 1. The van der Waals surface area contributed by atoms with Crippen LogP contribution < -0.4 is 27.4 Å². The summed E-state index contributed by atoms with van der Waals surface area (Å²) in [6.07, 6.45) is -1.45. The average Bonchev–Trinajstić information content (AvgIpc) is 3.26. The minimum absolute atomic E-state index is 0.0879. The molecule has 0 radical (unpaired) electrons. The van der Waals surface area contributed by atoms with E-state index in [4.69, 9.17) is 16.6 Å². The zero-order chi connectivity index (χ0) is 29.3. The van der Waals surface area contributed by atoms with Crippen molar-refractivity contribution in [3.05, 3.63) is 36.0 Å². The van der Waals surface area contributed by atoms with Gasteiger partial charge in [-0.05, 0) is 25.0 Å². The lowest BCUT2D eigenvalue weighted by atomic mass is 10.0. The van der Waals surface area contributed by atoms with Gasteiger partial charge in [0.1, 0.15) is 18.1 Å². The summed E-state index contributed by atoms with van der Waals surface area (Å²) in [5, 5.41) is 35.9. The van der Waals surface area contributed by atoms with Crippen LogP contribution in [0.25, 0.3) is 10.9 Å². The first-order valence-electron chi connectivity index (χ1n) is 11.9. The molecule has 0 aliphatic rings. The number of carboxylic acid groups (broad SMARTS) is 2. The summed E-state index contributed by atoms with van der Waals surface area (Å²) in [5.41, 5.74) is 12.2. The van der Waals surface area contributed by atoms with Crippen LogP contribution in [0.5, 0.6) is 0 Å². The number of primary amides is 1. The number of H-pyrrole nitrogens is 1. The van der Waals surface area contributed by atoms with Crippen LogP contribution in [0, 0.1) is 0 Å². The van der Waals surface area contributed by atoms with E-state index in [1.54, 1.807) is 30.5 Å². The molecule has 39 heavy (non-hydrogen) atoms. The minimum atomic E-state index is -1.66. The molecule has 0 spiro atoms. The van der Waals surface area contributed by atoms with E-state index in [0.717, 1.165) is 10.9 Å². The Morgan fingerprint density at radius 3 is 2.18 bits per heavy atom. The molecule has 0 aliphatic carbocycles. The van der Waals surface area contributed by atoms with Gasteiger partial charge >= 0.3 is 11.9 Å². The first kappa shape index (κ1) is 30.7. The third-order valence-electron chi connectivity index (χ3n) is 5.81. The number of hydrogen-bond donors (Lipinski definition) is 9. The van der Waals surface area contributed by atoms with Crippen molar-refractivity contribution in [2.75, 3.05) is 0 Å². The van der Waals surface area contributed by atoms with Gasteiger partial charge in [0.2, 0.25) is 23.6 Å². The predicted octanol–water partition coefficient (Wildman–Crippen LogP) is -2.30. The lowest BCUT2D eigenvalue weighted by Crippen LogP contribution is -2.60. The second-order valence-electron chi connectivity index (χ2n) is 8.96. The Bertz CT molecular complexity index is 1230. The molecule has 1 aromatic carbocycles. The zero-order valence-electron chi connectivity index (χ0n) is 21.0. The van der Waals surface area contributed by atoms with Gasteiger partial charge in [-0.15, -0.1) is 0 Å². The van der Waals surface area contributed by atoms with Gasteiger partial charge in [-0.1, -0.05) is 18.2 Å². The van der Waals surface area contributed by atoms with Gasteiger partial charge in [0.05, 0.1) is 18.6 Å². The number of carbonyl (C=O) groups is 6. The number of aromatic nitrogens is 1. The molecule has 4 amide bonds. The van der Waals surface area contributed by atoms with Crippen molar-refractivity contribution < 1.29 is 44.1 Å². The van der Waals surface area contributed by atoms with Crippen molar-refractivity contribution in [1.29, 1.82) is 0 Å². The van der Waals surface area contributed by atoms with Crippen LogP contribution in [0.2, 0.25) is 0 Å². The number of aliphatic hydroxyl groups excluding tert-OH is 1. The van der Waals surface area contributed by atoms with Gasteiger partial charge < -0.3 is 47.7 Å². The van der Waals surface area contributed by atoms with Gasteiger partial charge in [-0.25, -0.2) is 4.79 Å². The quantitative estimate of drug-likeness (QED) is 0.115. The maximum absolute atomic E-state index is 13.3. The van der Waals surface area contributed by atoms with E-state index >= 15 is 0 Å². The maximum atomic E-state index is 13.3. The van der Waals surface area contributed by atoms with Crippen LogP contribution in [0.3, 0.4) is 0 Å². The molecule has 2 aromatic rings. The number of aromatic amines is 1. The molecule has 5 atom stereocenters. The Hall–Kier alpha value is -4.50. The number of nitrogens with two attached hydrogens (primary N) is 2. The number of rotatable bonds is 15. The van der Waals surface area contributed by atoms with E-state index in [1.807, 2.05) is 0 Å². The Kier molecular flexibility index (Phi) is 10.9. The summed E-state index contributed by atoms with van der Waals surface area (Å²) in [7, 11) is 0. The number of fused-ring (bicyclic) bond motifs is 1. The van der Waals surface area contributed by atoms with Crippen molar-refractivity contribution >= 4 is 46.5 Å². The van der Waals surface area contributed by atoms with Crippen molar-refractivity contribution in [3.63, 3.8) is 0 Å². The fourth-order valence-corrected chi connectivity index (χ4v) is 3.76. The molecular formula is C24H32N6O9. The van der Waals surface area contributed by atoms with E-state index in [2.05, 4.69) is 20.9 Å². The molecular weight excluding hydrogens is 516 g/mol. The Morgan fingerprint density at radius 1 is 0.949 bits per heavy atom. The van der Waals surface area contributed by atoms with Crippen molar-refractivity contribution in [2.45, 2.75) is 62.9 Å². The van der Waals surface area contributed by atoms with Crippen molar-refractivity contribution in [1.82, 2.24) is 20.9 Å². The molecule has 2 rings (SSSR count). The topological polar surface area (TPSA) is 267 Å². The van der Waals surface area contributed by atoms with Gasteiger partial charge in [-0.2, -0.15) is 0 Å². The first-order valence-corrected chi connectivity index (χ1v) is 11.9. The normalized spacial score (nSPS) is 14.8. The molecule has 1 heterocycles. The van der Waals surface area contributed by atoms with Crippen LogP contribution >= 0.6 is 0 Å². The Morgan fingerprint density at radius 2 is 1.59 bits per heavy atom. The summed E-state index contributed by atoms with van der Waals surface area (Å²) in [5.74, 6) is -6.49. The van der Waals surface area contributed by atoms with E-state index in [-0.39, 0.29) is 6.42 Å². The minimum Gasteiger partial charge on any atom is -0.481 e. The van der Waals surface area contributed by atoms with Crippen LogP contribution in [0.15, 0.2) is 30.5 Å². The van der Waals surface area contributed by atoms with E-state index in [0.29, 0.717) is 5.56 Å². The Balaban J connectivity index is 2.27. The summed E-state index contributed by atoms with van der Waals surface area (Å²) >= 11 is 0. The van der Waals surface area contributed by atoms with Gasteiger partial charge in [-0.3, -0.25) is 24.0 Å². The summed E-state index contributed by atoms with van der Waals surface area (Å²) < 4.78 is 0. The molecule has 0 aliphatic heterocycles. The molecule has 1 aromatic heterocycles. The second-order valence-corrected chi connectivity index (χ2v) is 8.96. The molecule has 15 nitrogen and oxygen atoms in total. The highest BCUT2D eigenvalue weighted by atomic mass is 16.4. The van der Waals surface area contributed by atoms with Gasteiger partial charge in [0.15, 0.2) is 0 Å². The SMILES string of the molecule is CC(O)C(NC(=O)C(Cc1c[nH]c2ccccc12)NC(=O)C(N)CC(N)=O)C(=O)NC(CCC(=O)O)C(=O)O. The molecule has 0 fully saturated rings. The lowest BCUT2D eigenvalue weighted by Gasteiger charge is -2.26. The molecule has 0 saturated carbocycles. The van der Waals surface area contributed by atoms with E-state index in [9.17, 15) is 39.0 Å².